The Morgan fingerprint density at radius 3 is 2.00 bits per heavy atom. The van der Waals surface area contributed by atoms with Crippen LogP contribution < -0.4 is 20.3 Å². The maximum absolute atomic E-state index is 12.2. The fraction of sp³-hybridized carbons (Fsp3) is 0.300. The Bertz CT molecular complexity index is 768. The number of carbonyl (C=O) groups is 2. The largest absolute Gasteiger partial charge is 0.497 e. The molecule has 1 fully saturated rings. The summed E-state index contributed by atoms with van der Waals surface area (Å²) in [5.74, 6) is 0.492. The summed E-state index contributed by atoms with van der Waals surface area (Å²) < 4.78 is 16.2. The molecule has 3 rings (SSSR count). The Labute approximate surface area is 157 Å². The van der Waals surface area contributed by atoms with E-state index in [1.54, 1.807) is 55.6 Å². The number of rotatable bonds is 6. The molecule has 0 radical (unpaired) electrons. The molecule has 2 aromatic carbocycles. The van der Waals surface area contributed by atoms with Crippen LogP contribution in [0.5, 0.6) is 11.5 Å². The molecule has 7 nitrogen and oxygen atoms in total. The predicted octanol–water partition coefficient (Wildman–Crippen LogP) is 2.33. The van der Waals surface area contributed by atoms with Crippen molar-refractivity contribution < 1.29 is 23.8 Å². The molecule has 0 aliphatic carbocycles. The number of amides is 2. The lowest BCUT2D eigenvalue weighted by Gasteiger charge is -2.12. The third-order valence-electron chi connectivity index (χ3n) is 4.22. The van der Waals surface area contributed by atoms with Crippen LogP contribution in [0, 0.1) is 0 Å². The fourth-order valence-electron chi connectivity index (χ4n) is 2.67. The highest BCUT2D eigenvalue weighted by Crippen LogP contribution is 2.16. The van der Waals surface area contributed by atoms with Crippen LogP contribution in [0.1, 0.15) is 33.6 Å². The van der Waals surface area contributed by atoms with E-state index in [0.29, 0.717) is 29.2 Å². The average molecular weight is 370 g/mol. The lowest BCUT2D eigenvalue weighted by Crippen LogP contribution is -2.41. The predicted molar refractivity (Wildman–Crippen MR) is 98.8 cm³/mol. The first-order valence-electron chi connectivity index (χ1n) is 8.75. The lowest BCUT2D eigenvalue weighted by molar-refractivity contribution is 0.0679. The number of hydrazine groups is 1. The Morgan fingerprint density at radius 1 is 0.963 bits per heavy atom. The molecule has 0 spiro atoms. The van der Waals surface area contributed by atoms with Crippen molar-refractivity contribution in [3.8, 4) is 11.5 Å². The van der Waals surface area contributed by atoms with Crippen molar-refractivity contribution in [1.82, 2.24) is 10.9 Å². The molecule has 1 aliphatic heterocycles. The van der Waals surface area contributed by atoms with Gasteiger partial charge in [0.05, 0.1) is 13.2 Å². The van der Waals surface area contributed by atoms with Crippen LogP contribution in [0.25, 0.3) is 0 Å². The van der Waals surface area contributed by atoms with Gasteiger partial charge in [0.25, 0.3) is 11.8 Å². The standard InChI is InChI=1S/C20H22N2O5/c1-25-16-8-4-14(5-9-16)19(23)21-22-20(24)15-6-10-17(11-7-15)27-13-18-3-2-12-26-18/h4-11,18H,2-3,12-13H2,1H3,(H,21,23)(H,22,24)/t18-/m1/s1. The van der Waals surface area contributed by atoms with Crippen molar-refractivity contribution in [3.63, 3.8) is 0 Å². The minimum atomic E-state index is -0.414. The Kier molecular flexibility index (Phi) is 6.27. The summed E-state index contributed by atoms with van der Waals surface area (Å²) in [5, 5.41) is 0. The topological polar surface area (TPSA) is 85.9 Å². The molecule has 0 aromatic heterocycles. The zero-order valence-corrected chi connectivity index (χ0v) is 15.1. The highest BCUT2D eigenvalue weighted by molar-refractivity contribution is 5.99. The van der Waals surface area contributed by atoms with Crippen LogP contribution in [0.4, 0.5) is 0 Å². The second kappa shape index (κ2) is 9.05. The molecular formula is C20H22N2O5. The van der Waals surface area contributed by atoms with Crippen LogP contribution in [0.2, 0.25) is 0 Å². The molecule has 1 aliphatic rings. The average Bonchev–Trinajstić information content (AvgIpc) is 3.24. The minimum absolute atomic E-state index is 0.140. The number of nitrogens with one attached hydrogen (secondary N) is 2. The number of ether oxygens (including phenoxy) is 3. The second-order valence-electron chi connectivity index (χ2n) is 6.11. The first-order chi connectivity index (χ1) is 13.2. The highest BCUT2D eigenvalue weighted by Gasteiger charge is 2.16. The summed E-state index contributed by atoms with van der Waals surface area (Å²) >= 11 is 0. The number of hydrogen-bond acceptors (Lipinski definition) is 5. The Hall–Kier alpha value is -3.06. The van der Waals surface area contributed by atoms with Gasteiger partial charge in [0.2, 0.25) is 0 Å². The molecule has 27 heavy (non-hydrogen) atoms. The summed E-state index contributed by atoms with van der Waals surface area (Å²) in [6.07, 6.45) is 2.21. The summed E-state index contributed by atoms with van der Waals surface area (Å²) in [5.41, 5.74) is 5.60. The van der Waals surface area contributed by atoms with Gasteiger partial charge >= 0.3 is 0 Å². The third-order valence-corrected chi connectivity index (χ3v) is 4.22. The summed E-state index contributed by atoms with van der Waals surface area (Å²) in [4.78, 5) is 24.2. The molecule has 1 heterocycles. The van der Waals surface area contributed by atoms with Crippen molar-refractivity contribution in [1.29, 1.82) is 0 Å². The first kappa shape index (κ1) is 18.7. The van der Waals surface area contributed by atoms with Gasteiger partial charge in [-0.25, -0.2) is 0 Å². The molecule has 7 heteroatoms. The smallest absolute Gasteiger partial charge is 0.269 e. The fourth-order valence-corrected chi connectivity index (χ4v) is 2.67. The summed E-state index contributed by atoms with van der Waals surface area (Å²) in [6, 6.07) is 13.3. The highest BCUT2D eigenvalue weighted by atomic mass is 16.5. The minimum Gasteiger partial charge on any atom is -0.497 e. The van der Waals surface area contributed by atoms with Crippen molar-refractivity contribution in [2.75, 3.05) is 20.3 Å². The number of carbonyl (C=O) groups excluding carboxylic acids is 2. The van der Waals surface area contributed by atoms with E-state index >= 15 is 0 Å². The van der Waals surface area contributed by atoms with Crippen LogP contribution >= 0.6 is 0 Å². The van der Waals surface area contributed by atoms with E-state index in [9.17, 15) is 9.59 Å². The molecule has 0 unspecified atom stereocenters. The van der Waals surface area contributed by atoms with Crippen molar-refractivity contribution in [3.05, 3.63) is 59.7 Å². The molecule has 2 aromatic rings. The zero-order chi connectivity index (χ0) is 19.1. The van der Waals surface area contributed by atoms with E-state index < -0.39 is 11.8 Å². The van der Waals surface area contributed by atoms with E-state index in [2.05, 4.69) is 10.9 Å². The van der Waals surface area contributed by atoms with Crippen LogP contribution in [-0.4, -0.2) is 38.2 Å². The molecule has 0 bridgehead atoms. The van der Waals surface area contributed by atoms with Gasteiger partial charge in [-0.1, -0.05) is 0 Å². The normalized spacial score (nSPS) is 15.8. The number of benzene rings is 2. The third kappa shape index (κ3) is 5.21. The summed E-state index contributed by atoms with van der Waals surface area (Å²) in [7, 11) is 1.55. The van der Waals surface area contributed by atoms with E-state index in [1.807, 2.05) is 0 Å². The Balaban J connectivity index is 1.47. The van der Waals surface area contributed by atoms with Gasteiger partial charge in [0.1, 0.15) is 18.1 Å². The lowest BCUT2D eigenvalue weighted by atomic mass is 10.2. The van der Waals surface area contributed by atoms with E-state index in [1.165, 1.54) is 0 Å². The SMILES string of the molecule is COc1ccc(C(=O)NNC(=O)c2ccc(OC[C@H]3CCCO3)cc2)cc1. The molecule has 2 amide bonds. The maximum atomic E-state index is 12.2. The molecule has 2 N–H and O–H groups in total. The molecular weight excluding hydrogens is 348 g/mol. The van der Waals surface area contributed by atoms with Gasteiger partial charge in [-0.3, -0.25) is 20.4 Å². The maximum Gasteiger partial charge on any atom is 0.269 e. The van der Waals surface area contributed by atoms with Crippen molar-refractivity contribution >= 4 is 11.8 Å². The zero-order valence-electron chi connectivity index (χ0n) is 15.1. The van der Waals surface area contributed by atoms with Gasteiger partial charge in [-0.05, 0) is 61.4 Å². The van der Waals surface area contributed by atoms with Crippen LogP contribution in [-0.2, 0) is 4.74 Å². The summed E-state index contributed by atoms with van der Waals surface area (Å²) in [6.45, 7) is 1.29. The molecule has 0 saturated carbocycles. The second-order valence-corrected chi connectivity index (χ2v) is 6.11. The number of hydrogen-bond donors (Lipinski definition) is 2. The molecule has 1 atom stereocenters. The number of methoxy groups -OCH3 is 1. The van der Waals surface area contributed by atoms with Gasteiger partial charge < -0.3 is 14.2 Å². The van der Waals surface area contributed by atoms with Crippen molar-refractivity contribution in [2.45, 2.75) is 18.9 Å². The van der Waals surface area contributed by atoms with E-state index in [-0.39, 0.29) is 6.10 Å². The van der Waals surface area contributed by atoms with Crippen LogP contribution in [0.3, 0.4) is 0 Å². The molecule has 1 saturated heterocycles. The first-order valence-corrected chi connectivity index (χ1v) is 8.75. The van der Waals surface area contributed by atoms with Gasteiger partial charge in [0, 0.05) is 17.7 Å². The van der Waals surface area contributed by atoms with E-state index in [4.69, 9.17) is 14.2 Å². The molecule has 142 valence electrons. The Morgan fingerprint density at radius 2 is 1.52 bits per heavy atom. The van der Waals surface area contributed by atoms with E-state index in [0.717, 1.165) is 19.4 Å². The van der Waals surface area contributed by atoms with Gasteiger partial charge in [-0.2, -0.15) is 0 Å². The van der Waals surface area contributed by atoms with Gasteiger partial charge in [0.15, 0.2) is 0 Å². The van der Waals surface area contributed by atoms with Gasteiger partial charge in [-0.15, -0.1) is 0 Å². The quantitative estimate of drug-likeness (QED) is 0.763. The van der Waals surface area contributed by atoms with Crippen LogP contribution in [0.15, 0.2) is 48.5 Å². The monoisotopic (exact) mass is 370 g/mol. The van der Waals surface area contributed by atoms with Crippen molar-refractivity contribution in [2.24, 2.45) is 0 Å².